The Hall–Kier alpha value is -1.22. The van der Waals surface area contributed by atoms with E-state index < -0.39 is 19.9 Å². The molecule has 13 heavy (non-hydrogen) atoms. The lowest BCUT2D eigenvalue weighted by Crippen LogP contribution is -2.04. The predicted molar refractivity (Wildman–Crippen MR) is 52.3 cm³/mol. The van der Waals surface area contributed by atoms with E-state index in [0.717, 1.165) is 6.07 Å². The number of hydrogen-bond acceptors (Lipinski definition) is 3. The maximum Gasteiger partial charge on any atom is 0.122 e. The summed E-state index contributed by atoms with van der Waals surface area (Å²) in [5.41, 5.74) is 4.97. The molecular formula is C10H15NO2. The monoisotopic (exact) mass is 188 g/mol. The number of hydrogen-bond donors (Lipinski definition) is 1. The van der Waals surface area contributed by atoms with Gasteiger partial charge in [0.05, 0.1) is 18.3 Å². The molecule has 1 rings (SSSR count). The van der Waals surface area contributed by atoms with Crippen LogP contribution in [0.3, 0.4) is 0 Å². The van der Waals surface area contributed by atoms with E-state index in [2.05, 4.69) is 4.74 Å². The standard InChI is InChI=1S/C10H15NO2/c1-12-9-3-4-10(13-2)8(7-9)5-6-11/h3-4,7H,5-6,11H2,1-2H3/i1D3,5D2,6D2. The topological polar surface area (TPSA) is 44.5 Å². The average molecular weight is 188 g/mol. The zero-order chi connectivity index (χ0) is 15.8. The molecule has 0 aliphatic heterocycles. The van der Waals surface area contributed by atoms with Crippen molar-refractivity contribution in [3.05, 3.63) is 23.8 Å². The van der Waals surface area contributed by atoms with Gasteiger partial charge in [-0.2, -0.15) is 0 Å². The van der Waals surface area contributed by atoms with Gasteiger partial charge >= 0.3 is 0 Å². The summed E-state index contributed by atoms with van der Waals surface area (Å²) in [5.74, 6) is -0.0869. The average Bonchev–Trinajstić information content (AvgIpc) is 2.25. The molecule has 0 radical (unpaired) electrons. The van der Waals surface area contributed by atoms with Gasteiger partial charge in [-0.1, -0.05) is 0 Å². The van der Waals surface area contributed by atoms with Crippen molar-refractivity contribution in [1.82, 2.24) is 0 Å². The Morgan fingerprint density at radius 1 is 1.54 bits per heavy atom. The van der Waals surface area contributed by atoms with Crippen LogP contribution in [-0.4, -0.2) is 20.6 Å². The maximum absolute atomic E-state index is 7.78. The van der Waals surface area contributed by atoms with Gasteiger partial charge in [0.25, 0.3) is 0 Å². The van der Waals surface area contributed by atoms with E-state index in [4.69, 9.17) is 20.1 Å². The van der Waals surface area contributed by atoms with Crippen LogP contribution in [0.25, 0.3) is 0 Å². The van der Waals surface area contributed by atoms with Gasteiger partial charge in [0.15, 0.2) is 0 Å². The zero-order valence-electron chi connectivity index (χ0n) is 14.1. The summed E-state index contributed by atoms with van der Waals surface area (Å²) in [6.45, 7) is -2.68. The van der Waals surface area contributed by atoms with Crippen molar-refractivity contribution in [3.63, 3.8) is 0 Å². The van der Waals surface area contributed by atoms with Crippen molar-refractivity contribution >= 4 is 0 Å². The van der Waals surface area contributed by atoms with Gasteiger partial charge in [-0.05, 0) is 36.6 Å². The molecule has 72 valence electrons. The number of ether oxygens (including phenoxy) is 2. The molecule has 1 aromatic carbocycles. The Morgan fingerprint density at radius 2 is 2.38 bits per heavy atom. The van der Waals surface area contributed by atoms with Crippen LogP contribution < -0.4 is 15.2 Å². The molecule has 0 saturated carbocycles. The molecule has 3 heteroatoms. The molecule has 0 heterocycles. The number of benzene rings is 1. The lowest BCUT2D eigenvalue weighted by atomic mass is 10.1. The van der Waals surface area contributed by atoms with Gasteiger partial charge in [-0.3, -0.25) is 0 Å². The van der Waals surface area contributed by atoms with Gasteiger partial charge in [0.1, 0.15) is 11.5 Å². The summed E-state index contributed by atoms with van der Waals surface area (Å²) in [6, 6.07) is 3.65. The highest BCUT2D eigenvalue weighted by Gasteiger charge is 2.03. The minimum absolute atomic E-state index is 0.0437. The van der Waals surface area contributed by atoms with Crippen LogP contribution in [0.15, 0.2) is 18.2 Å². The van der Waals surface area contributed by atoms with Gasteiger partial charge in [0, 0.05) is 5.48 Å². The van der Waals surface area contributed by atoms with E-state index in [0.29, 0.717) is 0 Å². The van der Waals surface area contributed by atoms with Crippen molar-refractivity contribution < 1.29 is 19.1 Å². The Kier molecular flexibility index (Phi) is 1.41. The molecule has 0 aromatic heterocycles. The quantitative estimate of drug-likeness (QED) is 0.772. The molecule has 0 bridgehead atoms. The first-order valence-electron chi connectivity index (χ1n) is 7.05. The van der Waals surface area contributed by atoms with Gasteiger partial charge in [-0.25, -0.2) is 0 Å². The van der Waals surface area contributed by atoms with E-state index in [1.54, 1.807) is 0 Å². The normalized spacial score (nSPS) is 20.9. The number of nitrogens with two attached hydrogens (primary N) is 1. The van der Waals surface area contributed by atoms with Crippen LogP contribution in [0.5, 0.6) is 11.5 Å². The summed E-state index contributed by atoms with van der Waals surface area (Å²) in [6.07, 6.45) is -2.59. The van der Waals surface area contributed by atoms with Crippen LogP contribution >= 0.6 is 0 Å². The fourth-order valence-corrected chi connectivity index (χ4v) is 0.926. The second kappa shape index (κ2) is 4.72. The van der Waals surface area contributed by atoms with Gasteiger partial charge in [0.2, 0.25) is 0 Å². The first kappa shape index (κ1) is 3.88. The molecule has 1 aromatic rings. The maximum atomic E-state index is 7.78. The minimum atomic E-state index is -2.69. The second-order valence-corrected chi connectivity index (χ2v) is 2.23. The van der Waals surface area contributed by atoms with E-state index in [1.165, 1.54) is 19.2 Å². The van der Waals surface area contributed by atoms with Crippen molar-refractivity contribution in [3.8, 4) is 11.5 Å². The minimum Gasteiger partial charge on any atom is -0.497 e. The van der Waals surface area contributed by atoms with Crippen molar-refractivity contribution in [1.29, 1.82) is 0 Å². The Balaban J connectivity index is 3.33. The highest BCUT2D eigenvalue weighted by molar-refractivity contribution is 5.40. The van der Waals surface area contributed by atoms with Gasteiger partial charge in [-0.15, -0.1) is 0 Å². The highest BCUT2D eigenvalue weighted by atomic mass is 16.5. The lowest BCUT2D eigenvalue weighted by molar-refractivity contribution is 0.399. The van der Waals surface area contributed by atoms with Crippen LogP contribution in [0.1, 0.15) is 15.2 Å². The fourth-order valence-electron chi connectivity index (χ4n) is 0.926. The first-order valence-corrected chi connectivity index (χ1v) is 3.55. The molecule has 0 unspecified atom stereocenters. The van der Waals surface area contributed by atoms with E-state index in [1.807, 2.05) is 0 Å². The van der Waals surface area contributed by atoms with Crippen LogP contribution in [-0.2, 0) is 6.37 Å². The molecule has 0 aliphatic carbocycles. The van der Waals surface area contributed by atoms with Crippen molar-refractivity contribution in [2.75, 3.05) is 20.6 Å². The van der Waals surface area contributed by atoms with E-state index >= 15 is 0 Å². The molecule has 0 atom stereocenters. The van der Waals surface area contributed by atoms with Crippen LogP contribution in [0.2, 0.25) is 0 Å². The summed E-state index contributed by atoms with van der Waals surface area (Å²) in [4.78, 5) is 0. The molecule has 0 saturated heterocycles. The zero-order valence-corrected chi connectivity index (χ0v) is 7.13. The summed E-state index contributed by atoms with van der Waals surface area (Å²) in [5, 5.41) is 0. The fraction of sp³-hybridized carbons (Fsp3) is 0.400. The third-order valence-electron chi connectivity index (χ3n) is 1.50. The number of methoxy groups -OCH3 is 2. The third-order valence-corrected chi connectivity index (χ3v) is 1.50. The molecule has 0 amide bonds. The summed E-state index contributed by atoms with van der Waals surface area (Å²) < 4.78 is 60.9. The Bertz CT molecular complexity index is 481. The molecule has 0 spiro atoms. The smallest absolute Gasteiger partial charge is 0.122 e. The summed E-state index contributed by atoms with van der Waals surface area (Å²) >= 11 is 0. The SMILES string of the molecule is [2H]C([2H])([2H])Oc1ccc(OC)c(C([2H])([2H])C([2H])([2H])N)c1. The molecule has 2 N–H and O–H groups in total. The number of rotatable bonds is 4. The summed E-state index contributed by atoms with van der Waals surface area (Å²) in [7, 11) is -1.41. The largest absolute Gasteiger partial charge is 0.497 e. The molecule has 3 nitrogen and oxygen atoms in total. The second-order valence-electron chi connectivity index (χ2n) is 2.23. The van der Waals surface area contributed by atoms with Gasteiger partial charge < -0.3 is 15.2 Å². The highest BCUT2D eigenvalue weighted by Crippen LogP contribution is 2.23. The van der Waals surface area contributed by atoms with E-state index in [-0.39, 0.29) is 17.1 Å². The van der Waals surface area contributed by atoms with Crippen molar-refractivity contribution in [2.24, 2.45) is 5.73 Å². The molecular weight excluding hydrogens is 166 g/mol. The number of aryl methyl sites for hydroxylation is 1. The molecule has 0 fully saturated rings. The Morgan fingerprint density at radius 3 is 3.00 bits per heavy atom. The Labute approximate surface area is 88.3 Å². The third kappa shape index (κ3) is 2.36. The first-order chi connectivity index (χ1) is 8.88. The lowest BCUT2D eigenvalue weighted by Gasteiger charge is -2.08. The van der Waals surface area contributed by atoms with Crippen LogP contribution in [0, 0.1) is 0 Å². The van der Waals surface area contributed by atoms with Crippen molar-refractivity contribution in [2.45, 2.75) is 6.37 Å². The van der Waals surface area contributed by atoms with Crippen LogP contribution in [0.4, 0.5) is 0 Å². The molecule has 0 aliphatic rings. The predicted octanol–water partition coefficient (Wildman–Crippen LogP) is 1.21. The van der Waals surface area contributed by atoms with E-state index in [9.17, 15) is 0 Å².